The van der Waals surface area contributed by atoms with Gasteiger partial charge in [0.2, 0.25) is 0 Å². The van der Waals surface area contributed by atoms with Crippen LogP contribution in [0.1, 0.15) is 31.1 Å². The van der Waals surface area contributed by atoms with E-state index >= 15 is 0 Å². The van der Waals surface area contributed by atoms with Crippen molar-refractivity contribution in [1.29, 1.82) is 0 Å². The number of nitro benzene ring substituents is 1. The lowest BCUT2D eigenvalue weighted by atomic mass is 10.1. The Labute approximate surface area is 188 Å². The van der Waals surface area contributed by atoms with Crippen molar-refractivity contribution >= 4 is 35.3 Å². The number of imide groups is 2. The average Bonchev–Trinajstić information content (AvgIpc) is 3.02. The van der Waals surface area contributed by atoms with E-state index in [0.717, 1.165) is 30.3 Å². The van der Waals surface area contributed by atoms with Gasteiger partial charge >= 0.3 is 12.6 Å². The number of benzene rings is 2. The molecule has 12 nitrogen and oxygen atoms in total. The van der Waals surface area contributed by atoms with Gasteiger partial charge in [0.15, 0.2) is 6.61 Å². The normalized spacial score (nSPS) is 12.4. The van der Waals surface area contributed by atoms with Gasteiger partial charge < -0.3 is 9.47 Å². The molecule has 3 rings (SSSR count). The maximum atomic E-state index is 12.4. The van der Waals surface area contributed by atoms with Crippen LogP contribution in [0.2, 0.25) is 0 Å². The van der Waals surface area contributed by atoms with E-state index in [0.29, 0.717) is 4.90 Å². The Balaban J connectivity index is 1.53. The fourth-order valence-electron chi connectivity index (χ4n) is 2.95. The van der Waals surface area contributed by atoms with E-state index in [-0.39, 0.29) is 16.9 Å². The lowest BCUT2D eigenvalue weighted by Crippen LogP contribution is -2.38. The molecular formula is C20H13F2N3O9. The van der Waals surface area contributed by atoms with Crippen molar-refractivity contribution in [2.75, 3.05) is 13.2 Å². The maximum Gasteiger partial charge on any atom is 0.387 e. The minimum Gasteiger partial charge on any atom is -0.454 e. The van der Waals surface area contributed by atoms with Crippen molar-refractivity contribution in [2.24, 2.45) is 0 Å². The van der Waals surface area contributed by atoms with Gasteiger partial charge in [0.25, 0.3) is 29.3 Å². The van der Waals surface area contributed by atoms with Crippen molar-refractivity contribution in [1.82, 2.24) is 10.2 Å². The van der Waals surface area contributed by atoms with Crippen LogP contribution in [0.5, 0.6) is 5.75 Å². The number of ether oxygens (including phenoxy) is 2. The second kappa shape index (κ2) is 9.81. The number of carbonyl (C=O) groups excluding carboxylic acids is 5. The van der Waals surface area contributed by atoms with Crippen molar-refractivity contribution in [3.63, 3.8) is 0 Å². The molecule has 1 aliphatic rings. The van der Waals surface area contributed by atoms with E-state index < -0.39 is 65.5 Å². The Morgan fingerprint density at radius 1 is 1.06 bits per heavy atom. The molecule has 0 radical (unpaired) electrons. The van der Waals surface area contributed by atoms with Gasteiger partial charge in [-0.25, -0.2) is 0 Å². The number of nitrogens with zero attached hydrogens (tertiary/aromatic N) is 2. The quantitative estimate of drug-likeness (QED) is 0.255. The summed E-state index contributed by atoms with van der Waals surface area (Å²) in [6, 6.07) is 7.84. The molecule has 1 heterocycles. The van der Waals surface area contributed by atoms with Crippen molar-refractivity contribution in [2.45, 2.75) is 6.61 Å². The first-order valence-corrected chi connectivity index (χ1v) is 9.26. The molecule has 34 heavy (non-hydrogen) atoms. The Hall–Kier alpha value is -4.75. The van der Waals surface area contributed by atoms with Gasteiger partial charge in [-0.15, -0.1) is 0 Å². The number of rotatable bonds is 8. The van der Waals surface area contributed by atoms with E-state index in [4.69, 9.17) is 0 Å². The van der Waals surface area contributed by atoms with Crippen molar-refractivity contribution in [3.8, 4) is 5.75 Å². The van der Waals surface area contributed by atoms with Crippen LogP contribution in [-0.4, -0.2) is 59.2 Å². The third kappa shape index (κ3) is 5.17. The standard InChI is InChI=1S/C20H13F2N3O9/c21-20(22)34-11-6-4-10(5-7-11)17(28)23-14(26)9-33-15(27)8-24-18(29)12-2-1-3-13(25(31)32)16(12)19(24)30/h1-7,20H,8-9H2,(H,23,26,28). The summed E-state index contributed by atoms with van der Waals surface area (Å²) in [5.41, 5.74) is -1.38. The van der Waals surface area contributed by atoms with Crippen LogP contribution in [0.4, 0.5) is 14.5 Å². The number of alkyl halides is 2. The number of amides is 4. The van der Waals surface area contributed by atoms with Gasteiger partial charge in [-0.1, -0.05) is 6.07 Å². The average molecular weight is 477 g/mol. The van der Waals surface area contributed by atoms with Gasteiger partial charge in [-0.05, 0) is 30.3 Å². The molecule has 2 aromatic carbocycles. The highest BCUT2D eigenvalue weighted by molar-refractivity contribution is 6.24. The van der Waals surface area contributed by atoms with Gasteiger partial charge in [0.05, 0.1) is 10.5 Å². The molecule has 1 N–H and O–H groups in total. The second-order valence-electron chi connectivity index (χ2n) is 6.59. The van der Waals surface area contributed by atoms with Crippen LogP contribution in [-0.2, 0) is 14.3 Å². The first kappa shape index (κ1) is 23.9. The topological polar surface area (TPSA) is 162 Å². The molecule has 0 aromatic heterocycles. The maximum absolute atomic E-state index is 12.4. The molecule has 2 aromatic rings. The number of halogens is 2. The zero-order chi connectivity index (χ0) is 25.0. The fourth-order valence-corrected chi connectivity index (χ4v) is 2.95. The molecular weight excluding hydrogens is 464 g/mol. The third-order valence-electron chi connectivity index (χ3n) is 4.42. The van der Waals surface area contributed by atoms with Crippen LogP contribution < -0.4 is 10.1 Å². The summed E-state index contributed by atoms with van der Waals surface area (Å²) in [7, 11) is 0. The van der Waals surface area contributed by atoms with Gasteiger partial charge in [-0.3, -0.25) is 44.3 Å². The van der Waals surface area contributed by atoms with Crippen LogP contribution >= 0.6 is 0 Å². The predicted octanol–water partition coefficient (Wildman–Crippen LogP) is 1.29. The first-order chi connectivity index (χ1) is 16.1. The highest BCUT2D eigenvalue weighted by atomic mass is 19.3. The van der Waals surface area contributed by atoms with E-state index in [1.807, 2.05) is 5.32 Å². The Morgan fingerprint density at radius 3 is 2.35 bits per heavy atom. The lowest BCUT2D eigenvalue weighted by molar-refractivity contribution is -0.385. The summed E-state index contributed by atoms with van der Waals surface area (Å²) >= 11 is 0. The molecule has 0 unspecified atom stereocenters. The summed E-state index contributed by atoms with van der Waals surface area (Å²) < 4.78 is 33.1. The summed E-state index contributed by atoms with van der Waals surface area (Å²) in [6.45, 7) is -4.91. The number of carbonyl (C=O) groups is 5. The SMILES string of the molecule is O=C(COC(=O)CN1C(=O)c2cccc([N+](=O)[O-])c2C1=O)NC(=O)c1ccc(OC(F)F)cc1. The molecule has 0 fully saturated rings. The molecule has 176 valence electrons. The molecule has 4 amide bonds. The molecule has 0 saturated heterocycles. The Kier molecular flexibility index (Phi) is 6.89. The van der Waals surface area contributed by atoms with Gasteiger partial charge in [0, 0.05) is 11.6 Å². The minimum absolute atomic E-state index is 0.0751. The summed E-state index contributed by atoms with van der Waals surface area (Å²) in [5.74, 6) is -5.37. The highest BCUT2D eigenvalue weighted by Gasteiger charge is 2.42. The smallest absolute Gasteiger partial charge is 0.387 e. The highest BCUT2D eigenvalue weighted by Crippen LogP contribution is 2.30. The molecule has 0 spiro atoms. The van der Waals surface area contributed by atoms with Crippen LogP contribution in [0.3, 0.4) is 0 Å². The molecule has 0 bridgehead atoms. The largest absolute Gasteiger partial charge is 0.454 e. The van der Waals surface area contributed by atoms with Crippen LogP contribution in [0.25, 0.3) is 0 Å². The molecule has 0 atom stereocenters. The lowest BCUT2D eigenvalue weighted by Gasteiger charge is -2.12. The van der Waals surface area contributed by atoms with Crippen LogP contribution in [0.15, 0.2) is 42.5 Å². The van der Waals surface area contributed by atoms with E-state index in [1.54, 1.807) is 0 Å². The van der Waals surface area contributed by atoms with Crippen LogP contribution in [0, 0.1) is 10.1 Å². The van der Waals surface area contributed by atoms with E-state index in [9.17, 15) is 42.9 Å². The molecule has 0 aliphatic carbocycles. The summed E-state index contributed by atoms with van der Waals surface area (Å²) in [6.07, 6.45) is 0. The number of hydrogen-bond donors (Lipinski definition) is 1. The number of nitrogens with one attached hydrogen (secondary N) is 1. The summed E-state index contributed by atoms with van der Waals surface area (Å²) in [5, 5.41) is 13.0. The van der Waals surface area contributed by atoms with Crippen molar-refractivity contribution < 1.29 is 47.2 Å². The zero-order valence-electron chi connectivity index (χ0n) is 16.9. The number of nitro groups is 1. The van der Waals surface area contributed by atoms with Crippen molar-refractivity contribution in [3.05, 3.63) is 69.3 Å². The molecule has 1 aliphatic heterocycles. The Bertz CT molecular complexity index is 1200. The second-order valence-corrected chi connectivity index (χ2v) is 6.59. The first-order valence-electron chi connectivity index (χ1n) is 9.26. The minimum atomic E-state index is -3.05. The number of hydrogen-bond acceptors (Lipinski definition) is 9. The Morgan fingerprint density at radius 2 is 1.74 bits per heavy atom. The molecule has 14 heteroatoms. The van der Waals surface area contributed by atoms with Gasteiger partial charge in [0.1, 0.15) is 17.9 Å². The zero-order valence-corrected chi connectivity index (χ0v) is 16.9. The predicted molar refractivity (Wildman–Crippen MR) is 105 cm³/mol. The fraction of sp³-hybridized carbons (Fsp3) is 0.150. The van der Waals surface area contributed by atoms with Gasteiger partial charge in [-0.2, -0.15) is 8.78 Å². The third-order valence-corrected chi connectivity index (χ3v) is 4.42. The van der Waals surface area contributed by atoms with E-state index in [1.165, 1.54) is 12.1 Å². The monoisotopic (exact) mass is 477 g/mol. The summed E-state index contributed by atoms with van der Waals surface area (Å²) in [4.78, 5) is 71.3. The molecule has 0 saturated carbocycles. The van der Waals surface area contributed by atoms with E-state index in [2.05, 4.69) is 9.47 Å². The number of esters is 1. The number of fused-ring (bicyclic) bond motifs is 1.